The zero-order chi connectivity index (χ0) is 8.81. The summed E-state index contributed by atoms with van der Waals surface area (Å²) >= 11 is 0. The van der Waals surface area contributed by atoms with Crippen LogP contribution in [0.4, 0.5) is 0 Å². The standard InChI is InChI=1S/C10H22N2/c1-3-12(2)8-6-10-5-4-7-11-9-10/h10-11H,3-9H2,1-2H3. The molecule has 0 amide bonds. The molecule has 0 saturated carbocycles. The highest BCUT2D eigenvalue weighted by Crippen LogP contribution is 2.13. The minimum Gasteiger partial charge on any atom is -0.316 e. The van der Waals surface area contributed by atoms with Crippen molar-refractivity contribution in [1.82, 2.24) is 10.2 Å². The zero-order valence-electron chi connectivity index (χ0n) is 8.47. The second-order valence-electron chi connectivity index (χ2n) is 3.90. The minimum atomic E-state index is 0.938. The molecule has 1 heterocycles. The smallest absolute Gasteiger partial charge is 0.00188 e. The van der Waals surface area contributed by atoms with Gasteiger partial charge in [-0.2, -0.15) is 0 Å². The van der Waals surface area contributed by atoms with Gasteiger partial charge in [0.2, 0.25) is 0 Å². The lowest BCUT2D eigenvalue weighted by Gasteiger charge is -2.24. The molecule has 72 valence electrons. The van der Waals surface area contributed by atoms with Gasteiger partial charge in [0.25, 0.3) is 0 Å². The van der Waals surface area contributed by atoms with Crippen LogP contribution in [0.2, 0.25) is 0 Å². The number of rotatable bonds is 4. The molecule has 0 aromatic rings. The van der Waals surface area contributed by atoms with E-state index in [1.165, 1.54) is 45.4 Å². The molecule has 1 aliphatic heterocycles. The highest BCUT2D eigenvalue weighted by atomic mass is 15.1. The maximum Gasteiger partial charge on any atom is -0.00188 e. The van der Waals surface area contributed by atoms with Crippen LogP contribution in [0, 0.1) is 5.92 Å². The van der Waals surface area contributed by atoms with Crippen molar-refractivity contribution >= 4 is 0 Å². The van der Waals surface area contributed by atoms with Gasteiger partial charge >= 0.3 is 0 Å². The first-order valence-electron chi connectivity index (χ1n) is 5.22. The summed E-state index contributed by atoms with van der Waals surface area (Å²) in [5.74, 6) is 0.938. The zero-order valence-corrected chi connectivity index (χ0v) is 8.47. The monoisotopic (exact) mass is 170 g/mol. The maximum absolute atomic E-state index is 3.46. The van der Waals surface area contributed by atoms with Gasteiger partial charge < -0.3 is 10.2 Å². The molecule has 2 heteroatoms. The molecule has 1 rings (SSSR count). The van der Waals surface area contributed by atoms with E-state index in [-0.39, 0.29) is 0 Å². The van der Waals surface area contributed by atoms with Gasteiger partial charge in [0, 0.05) is 0 Å². The Morgan fingerprint density at radius 3 is 2.92 bits per heavy atom. The summed E-state index contributed by atoms with van der Waals surface area (Å²) in [6.45, 7) is 7.15. The molecular formula is C10H22N2. The van der Waals surface area contributed by atoms with E-state index in [1.54, 1.807) is 0 Å². The Morgan fingerprint density at radius 2 is 2.33 bits per heavy atom. The van der Waals surface area contributed by atoms with Crippen molar-refractivity contribution in [1.29, 1.82) is 0 Å². The van der Waals surface area contributed by atoms with E-state index in [2.05, 4.69) is 24.2 Å². The third-order valence-corrected chi connectivity index (χ3v) is 2.86. The van der Waals surface area contributed by atoms with Crippen molar-refractivity contribution in [3.05, 3.63) is 0 Å². The van der Waals surface area contributed by atoms with Gasteiger partial charge in [-0.05, 0) is 58.4 Å². The summed E-state index contributed by atoms with van der Waals surface area (Å²) < 4.78 is 0. The lowest BCUT2D eigenvalue weighted by Crippen LogP contribution is -2.32. The SMILES string of the molecule is CCN(C)CCC1CCCNC1. The number of hydrogen-bond acceptors (Lipinski definition) is 2. The fraction of sp³-hybridized carbons (Fsp3) is 1.00. The Kier molecular flexibility index (Phi) is 4.62. The van der Waals surface area contributed by atoms with E-state index < -0.39 is 0 Å². The molecule has 1 aliphatic rings. The van der Waals surface area contributed by atoms with Gasteiger partial charge in [0.05, 0.1) is 0 Å². The number of nitrogens with zero attached hydrogens (tertiary/aromatic N) is 1. The number of hydrogen-bond donors (Lipinski definition) is 1. The molecule has 0 aromatic carbocycles. The molecule has 0 spiro atoms. The third kappa shape index (κ3) is 3.55. The lowest BCUT2D eigenvalue weighted by atomic mass is 9.96. The van der Waals surface area contributed by atoms with Crippen LogP contribution in [-0.4, -0.2) is 38.1 Å². The van der Waals surface area contributed by atoms with E-state index in [0.29, 0.717) is 0 Å². The van der Waals surface area contributed by atoms with Crippen LogP contribution < -0.4 is 5.32 Å². The first kappa shape index (κ1) is 10.0. The van der Waals surface area contributed by atoms with Crippen LogP contribution in [0.3, 0.4) is 0 Å². The molecule has 12 heavy (non-hydrogen) atoms. The lowest BCUT2D eigenvalue weighted by molar-refractivity contribution is 0.282. The van der Waals surface area contributed by atoms with Crippen molar-refractivity contribution in [2.24, 2.45) is 5.92 Å². The quantitative estimate of drug-likeness (QED) is 0.684. The highest BCUT2D eigenvalue weighted by Gasteiger charge is 2.12. The molecule has 0 radical (unpaired) electrons. The molecular weight excluding hydrogens is 148 g/mol. The van der Waals surface area contributed by atoms with Gasteiger partial charge in [-0.3, -0.25) is 0 Å². The van der Waals surface area contributed by atoms with Crippen molar-refractivity contribution < 1.29 is 0 Å². The second kappa shape index (κ2) is 5.55. The van der Waals surface area contributed by atoms with Gasteiger partial charge in [-0.25, -0.2) is 0 Å². The molecule has 0 bridgehead atoms. The van der Waals surface area contributed by atoms with Gasteiger partial charge in [-0.15, -0.1) is 0 Å². The Labute approximate surface area is 76.3 Å². The molecule has 0 aromatic heterocycles. The van der Waals surface area contributed by atoms with Crippen LogP contribution in [0.5, 0.6) is 0 Å². The van der Waals surface area contributed by atoms with E-state index in [4.69, 9.17) is 0 Å². The largest absolute Gasteiger partial charge is 0.316 e. The fourth-order valence-electron chi connectivity index (χ4n) is 1.73. The van der Waals surface area contributed by atoms with E-state index in [0.717, 1.165) is 5.92 Å². The van der Waals surface area contributed by atoms with E-state index in [9.17, 15) is 0 Å². The van der Waals surface area contributed by atoms with Crippen molar-refractivity contribution in [2.75, 3.05) is 33.2 Å². The van der Waals surface area contributed by atoms with Gasteiger partial charge in [0.15, 0.2) is 0 Å². The van der Waals surface area contributed by atoms with Gasteiger partial charge in [0.1, 0.15) is 0 Å². The topological polar surface area (TPSA) is 15.3 Å². The molecule has 1 unspecified atom stereocenters. The van der Waals surface area contributed by atoms with Crippen LogP contribution >= 0.6 is 0 Å². The summed E-state index contributed by atoms with van der Waals surface area (Å²) in [5.41, 5.74) is 0. The Hall–Kier alpha value is -0.0800. The molecule has 1 saturated heterocycles. The predicted octanol–water partition coefficient (Wildman–Crippen LogP) is 1.33. The summed E-state index contributed by atoms with van der Waals surface area (Å²) in [7, 11) is 2.20. The highest BCUT2D eigenvalue weighted by molar-refractivity contribution is 4.69. The van der Waals surface area contributed by atoms with Gasteiger partial charge in [-0.1, -0.05) is 6.92 Å². The first-order valence-corrected chi connectivity index (χ1v) is 5.22. The van der Waals surface area contributed by atoms with Crippen molar-refractivity contribution in [3.8, 4) is 0 Å². The third-order valence-electron chi connectivity index (χ3n) is 2.86. The average Bonchev–Trinajstić information content (AvgIpc) is 2.16. The minimum absolute atomic E-state index is 0.938. The Bertz CT molecular complexity index is 108. The average molecular weight is 170 g/mol. The Balaban J connectivity index is 2.05. The second-order valence-corrected chi connectivity index (χ2v) is 3.90. The van der Waals surface area contributed by atoms with Crippen LogP contribution in [-0.2, 0) is 0 Å². The first-order chi connectivity index (χ1) is 5.83. The summed E-state index contributed by atoms with van der Waals surface area (Å²) in [5, 5.41) is 3.46. The van der Waals surface area contributed by atoms with Crippen LogP contribution in [0.15, 0.2) is 0 Å². The number of nitrogens with one attached hydrogen (secondary N) is 1. The van der Waals surface area contributed by atoms with Crippen LogP contribution in [0.25, 0.3) is 0 Å². The maximum atomic E-state index is 3.46. The molecule has 0 aliphatic carbocycles. The molecule has 1 fully saturated rings. The normalized spacial score (nSPS) is 24.8. The summed E-state index contributed by atoms with van der Waals surface area (Å²) in [4.78, 5) is 2.40. The van der Waals surface area contributed by atoms with E-state index in [1.807, 2.05) is 0 Å². The van der Waals surface area contributed by atoms with Crippen molar-refractivity contribution in [2.45, 2.75) is 26.2 Å². The summed E-state index contributed by atoms with van der Waals surface area (Å²) in [6, 6.07) is 0. The molecule has 1 atom stereocenters. The molecule has 2 nitrogen and oxygen atoms in total. The predicted molar refractivity (Wildman–Crippen MR) is 53.4 cm³/mol. The van der Waals surface area contributed by atoms with Crippen molar-refractivity contribution in [3.63, 3.8) is 0 Å². The van der Waals surface area contributed by atoms with Crippen LogP contribution in [0.1, 0.15) is 26.2 Å². The summed E-state index contributed by atoms with van der Waals surface area (Å²) in [6.07, 6.45) is 4.18. The number of piperidine rings is 1. The van der Waals surface area contributed by atoms with E-state index >= 15 is 0 Å². The fourth-order valence-corrected chi connectivity index (χ4v) is 1.73. The Morgan fingerprint density at radius 1 is 1.50 bits per heavy atom. The molecule has 1 N–H and O–H groups in total.